The standard InChI is InChI=1S/C50H32N2OS/c1-3-11-31(12-4-1)34-19-22-35(23-20-34)47-49-48(41-17-9-10-18-45(41)54-49)52-50(51-47)42-28-39(37-24-21-33-15-7-8-16-36(33)27-37)30-44-46(42)40-26-25-38(29-43(40)53-44)32-13-5-2-6-14-32/h1-30,48H,(H,51,52). The maximum absolute atomic E-state index is 6.81. The minimum atomic E-state index is -0.0234. The number of nitrogens with zero attached hydrogens (tertiary/aromatic N) is 1. The molecule has 0 spiro atoms. The van der Waals surface area contributed by atoms with Gasteiger partial charge in [-0.2, -0.15) is 0 Å². The van der Waals surface area contributed by atoms with E-state index in [1.807, 2.05) is 11.8 Å². The van der Waals surface area contributed by atoms with Crippen LogP contribution in [0.4, 0.5) is 0 Å². The Morgan fingerprint density at radius 1 is 0.481 bits per heavy atom. The van der Waals surface area contributed by atoms with Crippen molar-refractivity contribution in [3.63, 3.8) is 0 Å². The first-order valence-electron chi connectivity index (χ1n) is 18.3. The van der Waals surface area contributed by atoms with Gasteiger partial charge in [0.05, 0.1) is 11.7 Å². The van der Waals surface area contributed by atoms with Gasteiger partial charge in [-0.05, 0) is 86.1 Å². The van der Waals surface area contributed by atoms with E-state index in [1.54, 1.807) is 0 Å². The number of benzene rings is 8. The maximum Gasteiger partial charge on any atom is 0.136 e. The summed E-state index contributed by atoms with van der Waals surface area (Å²) in [5.41, 5.74) is 13.0. The molecule has 2 aliphatic rings. The lowest BCUT2D eigenvalue weighted by Crippen LogP contribution is -2.32. The number of hydrogen-bond donors (Lipinski definition) is 1. The summed E-state index contributed by atoms with van der Waals surface area (Å²) in [6, 6.07) is 64.9. The van der Waals surface area contributed by atoms with Gasteiger partial charge in [0.2, 0.25) is 0 Å². The van der Waals surface area contributed by atoms with Crippen LogP contribution in [0.15, 0.2) is 201 Å². The molecule has 0 saturated heterocycles. The van der Waals surface area contributed by atoms with Crippen molar-refractivity contribution in [3.05, 3.63) is 204 Å². The molecule has 0 amide bonds. The Kier molecular flexibility index (Phi) is 7.17. The average Bonchev–Trinajstić information content (AvgIpc) is 3.81. The summed E-state index contributed by atoms with van der Waals surface area (Å²) in [5.74, 6) is 0.839. The molecule has 1 aromatic heterocycles. The van der Waals surface area contributed by atoms with Gasteiger partial charge in [0.1, 0.15) is 17.0 Å². The smallest absolute Gasteiger partial charge is 0.136 e. The monoisotopic (exact) mass is 708 g/mol. The topological polar surface area (TPSA) is 37.5 Å². The van der Waals surface area contributed by atoms with Gasteiger partial charge in [0, 0.05) is 31.7 Å². The number of fused-ring (bicyclic) bond motifs is 7. The second-order valence-electron chi connectivity index (χ2n) is 14.0. The van der Waals surface area contributed by atoms with E-state index in [-0.39, 0.29) is 6.04 Å². The predicted molar refractivity (Wildman–Crippen MR) is 226 cm³/mol. The first kappa shape index (κ1) is 31.0. The van der Waals surface area contributed by atoms with Gasteiger partial charge >= 0.3 is 0 Å². The first-order valence-corrected chi connectivity index (χ1v) is 19.1. The Bertz CT molecular complexity index is 2980. The molecule has 0 saturated carbocycles. The number of furan rings is 1. The van der Waals surface area contributed by atoms with Crippen molar-refractivity contribution >= 4 is 56.0 Å². The van der Waals surface area contributed by atoms with E-state index in [4.69, 9.17) is 9.41 Å². The molecular weight excluding hydrogens is 677 g/mol. The van der Waals surface area contributed by atoms with Crippen molar-refractivity contribution in [2.45, 2.75) is 10.9 Å². The molecule has 254 valence electrons. The summed E-state index contributed by atoms with van der Waals surface area (Å²) in [4.78, 5) is 8.04. The van der Waals surface area contributed by atoms with Crippen LogP contribution in [0.5, 0.6) is 0 Å². The number of thioether (sulfide) groups is 1. The van der Waals surface area contributed by atoms with Crippen LogP contribution in [0.2, 0.25) is 0 Å². The van der Waals surface area contributed by atoms with Crippen LogP contribution in [-0.4, -0.2) is 5.84 Å². The SMILES string of the molecule is c1ccc(-c2ccc(C3=C4Sc5ccccc5C4NC(c4cc(-c5ccc6ccccc6c5)cc5oc6cc(-c7ccccc7)ccc6c45)=N3)cc2)cc1. The van der Waals surface area contributed by atoms with Crippen LogP contribution in [0.1, 0.15) is 22.7 Å². The molecule has 54 heavy (non-hydrogen) atoms. The van der Waals surface area contributed by atoms with Crippen LogP contribution in [0.3, 0.4) is 0 Å². The number of amidine groups is 1. The zero-order chi connectivity index (χ0) is 35.6. The number of rotatable bonds is 5. The van der Waals surface area contributed by atoms with Crippen LogP contribution < -0.4 is 5.32 Å². The summed E-state index contributed by atoms with van der Waals surface area (Å²) in [7, 11) is 0. The van der Waals surface area contributed by atoms with E-state index in [2.05, 4.69) is 187 Å². The van der Waals surface area contributed by atoms with Gasteiger partial charge in [-0.15, -0.1) is 0 Å². The minimum Gasteiger partial charge on any atom is -0.456 e. The molecule has 11 rings (SSSR count). The van der Waals surface area contributed by atoms with Crippen molar-refractivity contribution < 1.29 is 4.42 Å². The van der Waals surface area contributed by atoms with E-state index in [9.17, 15) is 0 Å². The molecule has 4 heteroatoms. The minimum absolute atomic E-state index is 0.0234. The molecule has 0 radical (unpaired) electrons. The maximum atomic E-state index is 6.81. The summed E-state index contributed by atoms with van der Waals surface area (Å²) >= 11 is 1.82. The second-order valence-corrected chi connectivity index (χ2v) is 15.1. The summed E-state index contributed by atoms with van der Waals surface area (Å²) in [5, 5.41) is 8.49. The number of nitrogens with one attached hydrogen (secondary N) is 1. The summed E-state index contributed by atoms with van der Waals surface area (Å²) < 4.78 is 6.81. The highest BCUT2D eigenvalue weighted by Crippen LogP contribution is 2.52. The molecule has 1 N–H and O–H groups in total. The van der Waals surface area contributed by atoms with Gasteiger partial charge < -0.3 is 9.73 Å². The van der Waals surface area contributed by atoms with Gasteiger partial charge in [-0.25, -0.2) is 4.99 Å². The van der Waals surface area contributed by atoms with E-state index >= 15 is 0 Å². The first-order chi connectivity index (χ1) is 26.7. The Hall–Kier alpha value is -6.62. The fourth-order valence-corrected chi connectivity index (χ4v) is 9.28. The van der Waals surface area contributed by atoms with E-state index < -0.39 is 0 Å². The third-order valence-corrected chi connectivity index (χ3v) is 12.0. The molecule has 3 heterocycles. The van der Waals surface area contributed by atoms with Crippen molar-refractivity contribution in [1.82, 2.24) is 5.32 Å². The quantitative estimate of drug-likeness (QED) is 0.193. The highest BCUT2D eigenvalue weighted by molar-refractivity contribution is 8.03. The molecule has 0 bridgehead atoms. The normalized spacial score (nSPS) is 15.0. The Morgan fingerprint density at radius 2 is 1.09 bits per heavy atom. The van der Waals surface area contributed by atoms with Crippen LogP contribution in [0.25, 0.3) is 71.8 Å². The fraction of sp³-hybridized carbons (Fsp3) is 0.0200. The summed E-state index contributed by atoms with van der Waals surface area (Å²) in [6.07, 6.45) is 0. The zero-order valence-electron chi connectivity index (χ0n) is 29.2. The number of hydrogen-bond acceptors (Lipinski definition) is 4. The largest absolute Gasteiger partial charge is 0.456 e. The Balaban J connectivity index is 1.13. The van der Waals surface area contributed by atoms with E-state index in [0.29, 0.717) is 0 Å². The van der Waals surface area contributed by atoms with E-state index in [1.165, 1.54) is 37.3 Å². The highest BCUT2D eigenvalue weighted by atomic mass is 32.2. The molecule has 8 aromatic carbocycles. The van der Waals surface area contributed by atoms with Crippen LogP contribution in [0, 0.1) is 0 Å². The molecule has 3 nitrogen and oxygen atoms in total. The molecule has 9 aromatic rings. The lowest BCUT2D eigenvalue weighted by molar-refractivity contribution is 0.669. The zero-order valence-corrected chi connectivity index (χ0v) is 30.0. The fourth-order valence-electron chi connectivity index (χ4n) is 8.03. The molecule has 0 fully saturated rings. The molecular formula is C50H32N2OS. The number of aliphatic imine (C=N–C) groups is 1. The molecule has 2 aliphatic heterocycles. The predicted octanol–water partition coefficient (Wildman–Crippen LogP) is 13.3. The van der Waals surface area contributed by atoms with Crippen molar-refractivity contribution in [2.24, 2.45) is 4.99 Å². The van der Waals surface area contributed by atoms with Crippen LogP contribution >= 0.6 is 11.8 Å². The van der Waals surface area contributed by atoms with Crippen molar-refractivity contribution in [3.8, 4) is 33.4 Å². The van der Waals surface area contributed by atoms with Crippen molar-refractivity contribution in [1.29, 1.82) is 0 Å². The van der Waals surface area contributed by atoms with Gasteiger partial charge in [0.15, 0.2) is 0 Å². The van der Waals surface area contributed by atoms with Crippen LogP contribution in [-0.2, 0) is 0 Å². The Morgan fingerprint density at radius 3 is 1.91 bits per heavy atom. The Labute approximate surface area is 317 Å². The van der Waals surface area contributed by atoms with Gasteiger partial charge in [-0.1, -0.05) is 157 Å². The lowest BCUT2D eigenvalue weighted by Gasteiger charge is -2.26. The molecule has 0 aliphatic carbocycles. The highest BCUT2D eigenvalue weighted by Gasteiger charge is 2.36. The molecule has 1 atom stereocenters. The average molecular weight is 709 g/mol. The molecule has 1 unspecified atom stereocenters. The third-order valence-electron chi connectivity index (χ3n) is 10.7. The van der Waals surface area contributed by atoms with Gasteiger partial charge in [0.25, 0.3) is 0 Å². The second kappa shape index (κ2) is 12.5. The lowest BCUT2D eigenvalue weighted by atomic mass is 9.94. The van der Waals surface area contributed by atoms with Gasteiger partial charge in [-0.3, -0.25) is 0 Å². The van der Waals surface area contributed by atoms with E-state index in [0.717, 1.165) is 66.9 Å². The third kappa shape index (κ3) is 5.18. The summed E-state index contributed by atoms with van der Waals surface area (Å²) in [6.45, 7) is 0. The van der Waals surface area contributed by atoms with Crippen molar-refractivity contribution in [2.75, 3.05) is 0 Å².